The number of pyridine rings is 1. The van der Waals surface area contributed by atoms with E-state index in [9.17, 15) is 5.11 Å². The fourth-order valence-electron chi connectivity index (χ4n) is 1.64. The topological polar surface area (TPSA) is 80.2 Å². The van der Waals surface area contributed by atoms with Gasteiger partial charge in [0.1, 0.15) is 5.82 Å². The molecule has 2 rings (SSSR count). The lowest BCUT2D eigenvalue weighted by Crippen LogP contribution is -2.14. The molecule has 2 N–H and O–H groups in total. The van der Waals surface area contributed by atoms with Crippen LogP contribution in [-0.2, 0) is 0 Å². The zero-order valence-electron chi connectivity index (χ0n) is 11.5. The lowest BCUT2D eigenvalue weighted by molar-refractivity contribution is 0.191. The summed E-state index contributed by atoms with van der Waals surface area (Å²) in [6.07, 6.45) is 5.86. The van der Waals surface area contributed by atoms with Crippen molar-refractivity contribution in [2.24, 2.45) is 0 Å². The molecule has 6 heteroatoms. The molecule has 0 bridgehead atoms. The molecule has 0 aliphatic carbocycles. The van der Waals surface area contributed by atoms with Crippen LogP contribution in [-0.4, -0.2) is 32.7 Å². The summed E-state index contributed by atoms with van der Waals surface area (Å²) in [5.41, 5.74) is 0.801. The molecule has 0 aliphatic heterocycles. The van der Waals surface area contributed by atoms with Crippen LogP contribution < -0.4 is 10.1 Å². The first-order chi connectivity index (χ1) is 9.65. The standard InChI is InChI=1S/C14H18N4O2/c1-10(2)20-14-9-16-8-13(18-14)17-7-12(19)11-3-5-15-6-4-11/h3-6,8-10,12,19H,7H2,1-2H3,(H,17,18)/t12-/m0/s1. The minimum Gasteiger partial charge on any atom is -0.474 e. The van der Waals surface area contributed by atoms with Crippen molar-refractivity contribution in [1.82, 2.24) is 15.0 Å². The Morgan fingerprint density at radius 1 is 1.20 bits per heavy atom. The highest BCUT2D eigenvalue weighted by Gasteiger charge is 2.08. The van der Waals surface area contributed by atoms with Crippen molar-refractivity contribution in [3.63, 3.8) is 0 Å². The van der Waals surface area contributed by atoms with Crippen molar-refractivity contribution in [2.75, 3.05) is 11.9 Å². The predicted octanol–water partition coefficient (Wildman–Crippen LogP) is 1.80. The van der Waals surface area contributed by atoms with Gasteiger partial charge in [0, 0.05) is 18.9 Å². The van der Waals surface area contributed by atoms with Crippen LogP contribution in [0.15, 0.2) is 36.9 Å². The van der Waals surface area contributed by atoms with E-state index in [0.29, 0.717) is 18.2 Å². The fourth-order valence-corrected chi connectivity index (χ4v) is 1.64. The van der Waals surface area contributed by atoms with Crippen LogP contribution >= 0.6 is 0 Å². The quantitative estimate of drug-likeness (QED) is 0.836. The molecular formula is C14H18N4O2. The minimum atomic E-state index is -0.630. The van der Waals surface area contributed by atoms with Gasteiger partial charge in [-0.15, -0.1) is 0 Å². The summed E-state index contributed by atoms with van der Waals surface area (Å²) in [7, 11) is 0. The number of anilines is 1. The molecule has 20 heavy (non-hydrogen) atoms. The Morgan fingerprint density at radius 3 is 2.65 bits per heavy atom. The first-order valence-corrected chi connectivity index (χ1v) is 6.45. The SMILES string of the molecule is CC(C)Oc1cncc(NC[C@H](O)c2ccncc2)n1. The van der Waals surface area contributed by atoms with Gasteiger partial charge in [0.25, 0.3) is 0 Å². The zero-order valence-corrected chi connectivity index (χ0v) is 11.5. The van der Waals surface area contributed by atoms with Gasteiger partial charge in [-0.3, -0.25) is 9.97 Å². The van der Waals surface area contributed by atoms with Gasteiger partial charge in [-0.25, -0.2) is 0 Å². The monoisotopic (exact) mass is 274 g/mol. The third kappa shape index (κ3) is 4.17. The number of nitrogens with zero attached hydrogens (tertiary/aromatic N) is 3. The van der Waals surface area contributed by atoms with Gasteiger partial charge >= 0.3 is 0 Å². The first-order valence-electron chi connectivity index (χ1n) is 6.45. The highest BCUT2D eigenvalue weighted by atomic mass is 16.5. The van der Waals surface area contributed by atoms with Crippen molar-refractivity contribution in [1.29, 1.82) is 0 Å². The molecule has 0 amide bonds. The van der Waals surface area contributed by atoms with Gasteiger partial charge in [-0.05, 0) is 31.5 Å². The average Bonchev–Trinajstić information content (AvgIpc) is 2.45. The summed E-state index contributed by atoms with van der Waals surface area (Å²) in [4.78, 5) is 12.2. The van der Waals surface area contributed by atoms with E-state index in [1.807, 2.05) is 13.8 Å². The number of hydrogen-bond donors (Lipinski definition) is 2. The zero-order chi connectivity index (χ0) is 14.4. The van der Waals surface area contributed by atoms with E-state index in [0.717, 1.165) is 5.56 Å². The molecule has 0 saturated carbocycles. The lowest BCUT2D eigenvalue weighted by Gasteiger charge is -2.13. The summed E-state index contributed by atoms with van der Waals surface area (Å²) in [5, 5.41) is 13.1. The van der Waals surface area contributed by atoms with Gasteiger partial charge < -0.3 is 15.2 Å². The normalized spacial score (nSPS) is 12.2. The molecule has 106 valence electrons. The van der Waals surface area contributed by atoms with Crippen molar-refractivity contribution in [3.8, 4) is 5.88 Å². The molecule has 2 heterocycles. The minimum absolute atomic E-state index is 0.0435. The van der Waals surface area contributed by atoms with Crippen LogP contribution in [0.2, 0.25) is 0 Å². The molecule has 0 aliphatic rings. The van der Waals surface area contributed by atoms with Gasteiger partial charge in [0.05, 0.1) is 24.6 Å². The van der Waals surface area contributed by atoms with Crippen molar-refractivity contribution in [2.45, 2.75) is 26.1 Å². The van der Waals surface area contributed by atoms with Gasteiger partial charge in [-0.1, -0.05) is 0 Å². The van der Waals surface area contributed by atoms with Crippen LogP contribution in [0.3, 0.4) is 0 Å². The van der Waals surface area contributed by atoms with E-state index in [1.54, 1.807) is 36.9 Å². The Morgan fingerprint density at radius 2 is 1.95 bits per heavy atom. The third-order valence-electron chi connectivity index (χ3n) is 2.54. The van der Waals surface area contributed by atoms with E-state index in [-0.39, 0.29) is 6.10 Å². The Labute approximate surface area is 117 Å². The summed E-state index contributed by atoms with van der Waals surface area (Å²) < 4.78 is 5.46. The van der Waals surface area contributed by atoms with Crippen molar-refractivity contribution in [3.05, 3.63) is 42.5 Å². The molecular weight excluding hydrogens is 256 g/mol. The van der Waals surface area contributed by atoms with E-state index in [1.165, 1.54) is 0 Å². The van der Waals surface area contributed by atoms with Crippen LogP contribution in [0.5, 0.6) is 5.88 Å². The summed E-state index contributed by atoms with van der Waals surface area (Å²) >= 11 is 0. The Kier molecular flexibility index (Phi) is 4.84. The summed E-state index contributed by atoms with van der Waals surface area (Å²) in [6, 6.07) is 3.55. The van der Waals surface area contributed by atoms with Crippen LogP contribution in [0.1, 0.15) is 25.5 Å². The van der Waals surface area contributed by atoms with Gasteiger partial charge in [0.15, 0.2) is 0 Å². The largest absolute Gasteiger partial charge is 0.474 e. The molecule has 0 fully saturated rings. The number of aromatic nitrogens is 3. The molecule has 0 spiro atoms. The van der Waals surface area contributed by atoms with E-state index >= 15 is 0 Å². The molecule has 6 nitrogen and oxygen atoms in total. The number of rotatable bonds is 6. The smallest absolute Gasteiger partial charge is 0.234 e. The number of aliphatic hydroxyl groups excluding tert-OH is 1. The Bertz CT molecular complexity index is 534. The van der Waals surface area contributed by atoms with E-state index in [4.69, 9.17) is 4.74 Å². The first kappa shape index (κ1) is 14.2. The summed E-state index contributed by atoms with van der Waals surface area (Å²) in [6.45, 7) is 4.19. The van der Waals surface area contributed by atoms with Crippen molar-refractivity contribution < 1.29 is 9.84 Å². The molecule has 2 aromatic heterocycles. The van der Waals surface area contributed by atoms with E-state index < -0.39 is 6.10 Å². The van der Waals surface area contributed by atoms with Gasteiger partial charge in [0.2, 0.25) is 5.88 Å². The maximum atomic E-state index is 10.0. The van der Waals surface area contributed by atoms with E-state index in [2.05, 4.69) is 20.3 Å². The Balaban J connectivity index is 1.94. The number of ether oxygens (including phenoxy) is 1. The van der Waals surface area contributed by atoms with Crippen LogP contribution in [0, 0.1) is 0 Å². The number of hydrogen-bond acceptors (Lipinski definition) is 6. The molecule has 0 saturated heterocycles. The second kappa shape index (κ2) is 6.81. The molecule has 2 aromatic rings. The Hall–Kier alpha value is -2.21. The molecule has 1 atom stereocenters. The second-order valence-corrected chi connectivity index (χ2v) is 4.59. The molecule has 0 aromatic carbocycles. The second-order valence-electron chi connectivity index (χ2n) is 4.59. The lowest BCUT2D eigenvalue weighted by atomic mass is 10.1. The highest BCUT2D eigenvalue weighted by Crippen LogP contribution is 2.14. The van der Waals surface area contributed by atoms with Gasteiger partial charge in [-0.2, -0.15) is 4.98 Å². The van der Waals surface area contributed by atoms with Crippen LogP contribution in [0.4, 0.5) is 5.82 Å². The maximum absolute atomic E-state index is 10.0. The third-order valence-corrected chi connectivity index (χ3v) is 2.54. The average molecular weight is 274 g/mol. The van der Waals surface area contributed by atoms with Crippen molar-refractivity contribution >= 4 is 5.82 Å². The summed E-state index contributed by atoms with van der Waals surface area (Å²) in [5.74, 6) is 1.03. The number of nitrogens with one attached hydrogen (secondary N) is 1. The predicted molar refractivity (Wildman–Crippen MR) is 75.5 cm³/mol. The van der Waals surface area contributed by atoms with Crippen LogP contribution in [0.25, 0.3) is 0 Å². The number of aliphatic hydroxyl groups is 1. The molecule has 0 radical (unpaired) electrons. The highest BCUT2D eigenvalue weighted by molar-refractivity contribution is 5.34. The maximum Gasteiger partial charge on any atom is 0.234 e. The molecule has 0 unspecified atom stereocenters. The fraction of sp³-hybridized carbons (Fsp3) is 0.357.